The largest absolute Gasteiger partial charge is 0.486 e. The molecule has 0 fully saturated rings. The molecule has 8 heteroatoms. The van der Waals surface area contributed by atoms with Crippen LogP contribution in [0.25, 0.3) is 0 Å². The molecule has 0 unspecified atom stereocenters. The Hall–Kier alpha value is -2.25. The van der Waals surface area contributed by atoms with Crippen molar-refractivity contribution < 1.29 is 27.8 Å². The molecule has 1 heterocycles. The Labute approximate surface area is 133 Å². The van der Waals surface area contributed by atoms with Gasteiger partial charge in [0.15, 0.2) is 6.10 Å². The van der Waals surface area contributed by atoms with E-state index in [2.05, 4.69) is 10.3 Å². The summed E-state index contributed by atoms with van der Waals surface area (Å²) in [6.45, 7) is 4.99. The van der Waals surface area contributed by atoms with Crippen molar-refractivity contribution in [2.24, 2.45) is 5.92 Å². The lowest BCUT2D eigenvalue weighted by Crippen LogP contribution is -2.37. The number of pyridine rings is 1. The number of nitrogens with zero attached hydrogens (tertiary/aromatic N) is 1. The van der Waals surface area contributed by atoms with E-state index in [0.29, 0.717) is 6.54 Å². The van der Waals surface area contributed by atoms with E-state index in [0.717, 1.165) is 0 Å². The normalized spacial score (nSPS) is 12.1. The lowest BCUT2D eigenvalue weighted by molar-refractivity contribution is -0.129. The minimum absolute atomic E-state index is 0.0141. The Kier molecular flexibility index (Phi) is 7.37. The number of esters is 1. The topological polar surface area (TPSA) is 77.5 Å². The van der Waals surface area contributed by atoms with Crippen LogP contribution >= 0.6 is 0 Å². The second-order valence-corrected chi connectivity index (χ2v) is 5.30. The standard InChI is InChI=1S/C15H20F2N2O4/c1-9(2)5-19-14(20)10(3)23-15(21)11-4-12(7-18-6-11)22-8-13(16)17/h4,6-7,9-10,13H,5,8H2,1-3H3,(H,19,20)/t10-/m0/s1. The quantitative estimate of drug-likeness (QED) is 0.738. The summed E-state index contributed by atoms with van der Waals surface area (Å²) in [7, 11) is 0. The van der Waals surface area contributed by atoms with Gasteiger partial charge in [-0.05, 0) is 18.9 Å². The van der Waals surface area contributed by atoms with Crippen LogP contribution in [0.2, 0.25) is 0 Å². The Bertz CT molecular complexity index is 538. The number of aromatic nitrogens is 1. The molecule has 0 bridgehead atoms. The minimum Gasteiger partial charge on any atom is -0.486 e. The molecule has 23 heavy (non-hydrogen) atoms. The van der Waals surface area contributed by atoms with Gasteiger partial charge in [-0.25, -0.2) is 13.6 Å². The van der Waals surface area contributed by atoms with Crippen LogP contribution < -0.4 is 10.1 Å². The van der Waals surface area contributed by atoms with Gasteiger partial charge in [-0.2, -0.15) is 0 Å². The highest BCUT2D eigenvalue weighted by Gasteiger charge is 2.19. The maximum absolute atomic E-state index is 12.1. The van der Waals surface area contributed by atoms with Gasteiger partial charge in [0.05, 0.1) is 11.8 Å². The van der Waals surface area contributed by atoms with E-state index >= 15 is 0 Å². The van der Waals surface area contributed by atoms with Crippen molar-refractivity contribution >= 4 is 11.9 Å². The zero-order chi connectivity index (χ0) is 17.4. The molecular formula is C15H20F2N2O4. The van der Waals surface area contributed by atoms with Gasteiger partial charge >= 0.3 is 5.97 Å². The summed E-state index contributed by atoms with van der Waals surface area (Å²) in [5.74, 6) is -0.899. The molecule has 0 aromatic carbocycles. The third-order valence-electron chi connectivity index (χ3n) is 2.66. The molecule has 128 valence electrons. The van der Waals surface area contributed by atoms with E-state index < -0.39 is 31.0 Å². The summed E-state index contributed by atoms with van der Waals surface area (Å²) in [6.07, 6.45) is -1.20. The number of halogens is 2. The summed E-state index contributed by atoms with van der Waals surface area (Å²) >= 11 is 0. The SMILES string of the molecule is CC(C)CNC(=O)[C@H](C)OC(=O)c1cncc(OCC(F)F)c1. The van der Waals surface area contributed by atoms with Gasteiger partial charge in [-0.15, -0.1) is 0 Å². The van der Waals surface area contributed by atoms with Crippen LogP contribution in [0.15, 0.2) is 18.5 Å². The highest BCUT2D eigenvalue weighted by molar-refractivity contribution is 5.92. The molecule has 0 spiro atoms. The zero-order valence-electron chi connectivity index (χ0n) is 13.2. The van der Waals surface area contributed by atoms with E-state index in [1.165, 1.54) is 25.4 Å². The summed E-state index contributed by atoms with van der Waals surface area (Å²) in [5, 5.41) is 2.64. The monoisotopic (exact) mass is 330 g/mol. The number of hydrogen-bond acceptors (Lipinski definition) is 5. The smallest absolute Gasteiger partial charge is 0.340 e. The van der Waals surface area contributed by atoms with Crippen LogP contribution in [0.4, 0.5) is 8.78 Å². The Morgan fingerprint density at radius 2 is 1.96 bits per heavy atom. The third kappa shape index (κ3) is 7.03. The summed E-state index contributed by atoms with van der Waals surface area (Å²) in [6, 6.07) is 1.23. The van der Waals surface area contributed by atoms with Crippen molar-refractivity contribution in [2.75, 3.05) is 13.2 Å². The average molecular weight is 330 g/mol. The number of nitrogens with one attached hydrogen (secondary N) is 1. The number of alkyl halides is 2. The van der Waals surface area contributed by atoms with Gasteiger partial charge in [0.2, 0.25) is 0 Å². The maximum Gasteiger partial charge on any atom is 0.340 e. The van der Waals surface area contributed by atoms with Crippen LogP contribution in [0.1, 0.15) is 31.1 Å². The number of ether oxygens (including phenoxy) is 2. The highest BCUT2D eigenvalue weighted by atomic mass is 19.3. The number of rotatable bonds is 8. The van der Waals surface area contributed by atoms with Gasteiger partial charge in [0.1, 0.15) is 12.4 Å². The van der Waals surface area contributed by atoms with E-state index in [-0.39, 0.29) is 17.2 Å². The number of carbonyl (C=O) groups excluding carboxylic acids is 2. The predicted octanol–water partition coefficient (Wildman–Crippen LogP) is 2.04. The first-order valence-corrected chi connectivity index (χ1v) is 7.14. The van der Waals surface area contributed by atoms with E-state index in [1.807, 2.05) is 13.8 Å². The maximum atomic E-state index is 12.1. The lowest BCUT2D eigenvalue weighted by Gasteiger charge is -2.14. The third-order valence-corrected chi connectivity index (χ3v) is 2.66. The first kappa shape index (κ1) is 18.8. The van der Waals surface area contributed by atoms with Crippen molar-refractivity contribution in [3.05, 3.63) is 24.0 Å². The summed E-state index contributed by atoms with van der Waals surface area (Å²) < 4.78 is 34.0. The fourth-order valence-corrected chi connectivity index (χ4v) is 1.50. The van der Waals surface area contributed by atoms with Crippen molar-refractivity contribution in [3.63, 3.8) is 0 Å². The molecule has 1 atom stereocenters. The van der Waals surface area contributed by atoms with Gasteiger partial charge in [0, 0.05) is 12.7 Å². The lowest BCUT2D eigenvalue weighted by atomic mass is 10.2. The van der Waals surface area contributed by atoms with Gasteiger partial charge in [-0.3, -0.25) is 9.78 Å². The van der Waals surface area contributed by atoms with E-state index in [9.17, 15) is 18.4 Å². The first-order valence-electron chi connectivity index (χ1n) is 7.14. The Balaban J connectivity index is 2.60. The molecule has 1 amide bonds. The summed E-state index contributed by atoms with van der Waals surface area (Å²) in [4.78, 5) is 27.4. The molecule has 0 aliphatic rings. The zero-order valence-corrected chi connectivity index (χ0v) is 13.2. The predicted molar refractivity (Wildman–Crippen MR) is 78.5 cm³/mol. The molecule has 0 saturated carbocycles. The van der Waals surface area contributed by atoms with Crippen LogP contribution in [0.5, 0.6) is 5.75 Å². The molecule has 0 aliphatic carbocycles. The van der Waals surface area contributed by atoms with Gasteiger partial charge in [0.25, 0.3) is 12.3 Å². The Morgan fingerprint density at radius 3 is 2.57 bits per heavy atom. The molecule has 1 aromatic rings. The van der Waals surface area contributed by atoms with Crippen LogP contribution in [0.3, 0.4) is 0 Å². The van der Waals surface area contributed by atoms with E-state index in [4.69, 9.17) is 9.47 Å². The van der Waals surface area contributed by atoms with Gasteiger partial charge < -0.3 is 14.8 Å². The fourth-order valence-electron chi connectivity index (χ4n) is 1.50. The number of hydrogen-bond donors (Lipinski definition) is 1. The van der Waals surface area contributed by atoms with Gasteiger partial charge in [-0.1, -0.05) is 13.8 Å². The highest BCUT2D eigenvalue weighted by Crippen LogP contribution is 2.14. The average Bonchev–Trinajstić information content (AvgIpc) is 2.50. The van der Waals surface area contributed by atoms with Crippen molar-refractivity contribution in [1.82, 2.24) is 10.3 Å². The second kappa shape index (κ2) is 9.02. The molecule has 1 rings (SSSR count). The summed E-state index contributed by atoms with van der Waals surface area (Å²) in [5.41, 5.74) is 0.0141. The fraction of sp³-hybridized carbons (Fsp3) is 0.533. The molecule has 0 radical (unpaired) electrons. The molecule has 6 nitrogen and oxygen atoms in total. The minimum atomic E-state index is -2.63. The van der Waals surface area contributed by atoms with E-state index in [1.54, 1.807) is 0 Å². The molecule has 0 aliphatic heterocycles. The van der Waals surface area contributed by atoms with Crippen LogP contribution in [-0.2, 0) is 9.53 Å². The van der Waals surface area contributed by atoms with Crippen molar-refractivity contribution in [3.8, 4) is 5.75 Å². The molecule has 1 aromatic heterocycles. The number of carbonyl (C=O) groups is 2. The van der Waals surface area contributed by atoms with Crippen LogP contribution in [0, 0.1) is 5.92 Å². The first-order chi connectivity index (χ1) is 10.8. The van der Waals surface area contributed by atoms with Crippen molar-refractivity contribution in [2.45, 2.75) is 33.3 Å². The molecular weight excluding hydrogens is 310 g/mol. The Morgan fingerprint density at radius 1 is 1.26 bits per heavy atom. The van der Waals surface area contributed by atoms with Crippen LogP contribution in [-0.4, -0.2) is 42.5 Å². The second-order valence-electron chi connectivity index (χ2n) is 5.30. The molecule has 1 N–H and O–H groups in total. The number of amides is 1. The molecule has 0 saturated heterocycles. The van der Waals surface area contributed by atoms with Crippen molar-refractivity contribution in [1.29, 1.82) is 0 Å².